The van der Waals surface area contributed by atoms with Gasteiger partial charge in [0.1, 0.15) is 5.75 Å². The molecule has 0 saturated carbocycles. The van der Waals surface area contributed by atoms with E-state index in [1.54, 1.807) is 19.1 Å². The van der Waals surface area contributed by atoms with Gasteiger partial charge in [-0.2, -0.15) is 0 Å². The van der Waals surface area contributed by atoms with Crippen LogP contribution in [0, 0.1) is 0 Å². The average Bonchev–Trinajstić information content (AvgIpc) is 2.44. The summed E-state index contributed by atoms with van der Waals surface area (Å²) in [4.78, 5) is 0.165. The lowest BCUT2D eigenvalue weighted by atomic mass is 10.0. The highest BCUT2D eigenvalue weighted by Crippen LogP contribution is 2.17. The minimum Gasteiger partial charge on any atom is -0.494 e. The van der Waals surface area contributed by atoms with E-state index in [0.717, 1.165) is 12.8 Å². The molecule has 0 amide bonds. The Labute approximate surface area is 127 Å². The molecule has 21 heavy (non-hydrogen) atoms. The molecule has 0 aliphatic rings. The second-order valence-corrected chi connectivity index (χ2v) is 7.16. The van der Waals surface area contributed by atoms with Crippen molar-refractivity contribution in [3.05, 3.63) is 24.3 Å². The second-order valence-electron chi connectivity index (χ2n) is 5.39. The molecule has 0 fully saturated rings. The predicted octanol–water partition coefficient (Wildman–Crippen LogP) is 2.30. The largest absolute Gasteiger partial charge is 0.494 e. The van der Waals surface area contributed by atoms with Crippen molar-refractivity contribution >= 4 is 10.0 Å². The molecule has 1 aromatic carbocycles. The van der Waals surface area contributed by atoms with Crippen molar-refractivity contribution in [3.8, 4) is 5.75 Å². The standard InChI is InChI=1S/C15H25NO4S/c1-4-10-15(3,17)12-16-21(18,19)14-8-6-13(7-9-14)20-11-5-2/h6-9,16-17H,4-5,10-12H2,1-3H3. The first-order valence-electron chi connectivity index (χ1n) is 7.25. The van der Waals surface area contributed by atoms with Gasteiger partial charge in [0.25, 0.3) is 0 Å². The lowest BCUT2D eigenvalue weighted by molar-refractivity contribution is 0.0554. The molecule has 0 aromatic heterocycles. The molecule has 0 saturated heterocycles. The minimum absolute atomic E-state index is 0.00272. The lowest BCUT2D eigenvalue weighted by Gasteiger charge is -2.22. The van der Waals surface area contributed by atoms with E-state index in [0.29, 0.717) is 18.8 Å². The fourth-order valence-corrected chi connectivity index (χ4v) is 3.06. The first-order chi connectivity index (χ1) is 9.80. The van der Waals surface area contributed by atoms with Crippen LogP contribution in [0.3, 0.4) is 0 Å². The quantitative estimate of drug-likeness (QED) is 0.733. The van der Waals surface area contributed by atoms with E-state index < -0.39 is 15.6 Å². The molecule has 0 bridgehead atoms. The van der Waals surface area contributed by atoms with Crippen LogP contribution in [-0.4, -0.2) is 32.3 Å². The summed E-state index contributed by atoms with van der Waals surface area (Å²) in [6.07, 6.45) is 2.23. The minimum atomic E-state index is -3.61. The SMILES string of the molecule is CCCOc1ccc(S(=O)(=O)NCC(C)(O)CCC)cc1. The third-order valence-electron chi connectivity index (χ3n) is 3.04. The van der Waals surface area contributed by atoms with Gasteiger partial charge in [0.2, 0.25) is 10.0 Å². The highest BCUT2D eigenvalue weighted by Gasteiger charge is 2.23. The van der Waals surface area contributed by atoms with Gasteiger partial charge in [-0.3, -0.25) is 0 Å². The van der Waals surface area contributed by atoms with E-state index in [4.69, 9.17) is 4.74 Å². The smallest absolute Gasteiger partial charge is 0.240 e. The number of sulfonamides is 1. The molecule has 0 aliphatic carbocycles. The summed E-state index contributed by atoms with van der Waals surface area (Å²) < 4.78 is 32.1. The molecule has 0 radical (unpaired) electrons. The molecule has 1 unspecified atom stereocenters. The molecule has 120 valence electrons. The van der Waals surface area contributed by atoms with Crippen molar-refractivity contribution in [1.29, 1.82) is 0 Å². The fraction of sp³-hybridized carbons (Fsp3) is 0.600. The molecule has 5 nitrogen and oxygen atoms in total. The zero-order chi connectivity index (χ0) is 15.9. The Bertz CT molecular complexity index is 523. The fourth-order valence-electron chi connectivity index (χ4n) is 1.90. The zero-order valence-electron chi connectivity index (χ0n) is 12.9. The summed E-state index contributed by atoms with van der Waals surface area (Å²) in [5, 5.41) is 10.0. The van der Waals surface area contributed by atoms with Crippen LogP contribution in [0.15, 0.2) is 29.2 Å². The van der Waals surface area contributed by atoms with E-state index >= 15 is 0 Å². The van der Waals surface area contributed by atoms with Gasteiger partial charge in [0.15, 0.2) is 0 Å². The van der Waals surface area contributed by atoms with Gasteiger partial charge in [0, 0.05) is 6.54 Å². The maximum Gasteiger partial charge on any atom is 0.240 e. The van der Waals surface area contributed by atoms with Crippen molar-refractivity contribution in [1.82, 2.24) is 4.72 Å². The Kier molecular flexibility index (Phi) is 6.64. The predicted molar refractivity (Wildman–Crippen MR) is 82.9 cm³/mol. The van der Waals surface area contributed by atoms with Crippen LogP contribution in [0.1, 0.15) is 40.0 Å². The van der Waals surface area contributed by atoms with Gasteiger partial charge >= 0.3 is 0 Å². The Morgan fingerprint density at radius 3 is 2.33 bits per heavy atom. The number of benzene rings is 1. The van der Waals surface area contributed by atoms with Crippen LogP contribution < -0.4 is 9.46 Å². The maximum absolute atomic E-state index is 12.1. The summed E-state index contributed by atoms with van der Waals surface area (Å²) in [7, 11) is -3.61. The van der Waals surface area contributed by atoms with Crippen molar-refractivity contribution in [3.63, 3.8) is 0 Å². The Morgan fingerprint density at radius 2 is 1.81 bits per heavy atom. The van der Waals surface area contributed by atoms with Gasteiger partial charge in [-0.25, -0.2) is 13.1 Å². The summed E-state index contributed by atoms with van der Waals surface area (Å²) in [6.45, 7) is 6.17. The van der Waals surface area contributed by atoms with Crippen LogP contribution in [0.2, 0.25) is 0 Å². The van der Waals surface area contributed by atoms with E-state index in [2.05, 4.69) is 4.72 Å². The number of nitrogens with one attached hydrogen (secondary N) is 1. The molecular formula is C15H25NO4S. The molecule has 0 heterocycles. The average molecular weight is 315 g/mol. The second kappa shape index (κ2) is 7.77. The number of hydrogen-bond acceptors (Lipinski definition) is 4. The normalized spacial score (nSPS) is 14.7. The van der Waals surface area contributed by atoms with Crippen molar-refractivity contribution in [2.75, 3.05) is 13.2 Å². The van der Waals surface area contributed by atoms with Gasteiger partial charge in [0.05, 0.1) is 17.1 Å². The highest BCUT2D eigenvalue weighted by atomic mass is 32.2. The van der Waals surface area contributed by atoms with Crippen molar-refractivity contribution in [2.45, 2.75) is 50.5 Å². The van der Waals surface area contributed by atoms with Crippen LogP contribution in [0.4, 0.5) is 0 Å². The van der Waals surface area contributed by atoms with Gasteiger partial charge in [-0.15, -0.1) is 0 Å². The highest BCUT2D eigenvalue weighted by molar-refractivity contribution is 7.89. The third kappa shape index (κ3) is 6.03. The van der Waals surface area contributed by atoms with E-state index in [9.17, 15) is 13.5 Å². The molecule has 0 aliphatic heterocycles. The van der Waals surface area contributed by atoms with Gasteiger partial charge in [-0.1, -0.05) is 20.3 Å². The zero-order valence-corrected chi connectivity index (χ0v) is 13.7. The number of hydrogen-bond donors (Lipinski definition) is 2. The summed E-state index contributed by atoms with van der Waals surface area (Å²) in [5.74, 6) is 0.647. The van der Waals surface area contributed by atoms with Crippen molar-refractivity contribution < 1.29 is 18.3 Å². The molecule has 1 rings (SSSR count). The van der Waals surface area contributed by atoms with Crippen LogP contribution in [0.25, 0.3) is 0 Å². The molecule has 0 spiro atoms. The molecule has 1 atom stereocenters. The molecular weight excluding hydrogens is 290 g/mol. The van der Waals surface area contributed by atoms with Crippen LogP contribution >= 0.6 is 0 Å². The molecule has 6 heteroatoms. The van der Waals surface area contributed by atoms with E-state index in [1.807, 2.05) is 13.8 Å². The van der Waals surface area contributed by atoms with Gasteiger partial charge < -0.3 is 9.84 Å². The Hall–Kier alpha value is -1.11. The number of ether oxygens (including phenoxy) is 1. The monoisotopic (exact) mass is 315 g/mol. The first kappa shape index (κ1) is 17.9. The number of aliphatic hydroxyl groups is 1. The van der Waals surface area contributed by atoms with Crippen molar-refractivity contribution in [2.24, 2.45) is 0 Å². The Balaban J connectivity index is 2.70. The van der Waals surface area contributed by atoms with E-state index in [1.165, 1.54) is 12.1 Å². The summed E-state index contributed by atoms with van der Waals surface area (Å²) in [5.41, 5.74) is -1.04. The number of rotatable bonds is 9. The maximum atomic E-state index is 12.1. The topological polar surface area (TPSA) is 75.6 Å². The van der Waals surface area contributed by atoms with Crippen LogP contribution in [0.5, 0.6) is 5.75 Å². The van der Waals surface area contributed by atoms with Gasteiger partial charge in [-0.05, 0) is 44.0 Å². The Morgan fingerprint density at radius 1 is 1.19 bits per heavy atom. The lowest BCUT2D eigenvalue weighted by Crippen LogP contribution is -2.40. The molecule has 2 N–H and O–H groups in total. The first-order valence-corrected chi connectivity index (χ1v) is 8.74. The third-order valence-corrected chi connectivity index (χ3v) is 4.46. The summed E-state index contributed by atoms with van der Waals surface area (Å²) in [6, 6.07) is 6.27. The summed E-state index contributed by atoms with van der Waals surface area (Å²) >= 11 is 0. The van der Waals surface area contributed by atoms with Crippen LogP contribution in [-0.2, 0) is 10.0 Å². The van der Waals surface area contributed by atoms with E-state index in [-0.39, 0.29) is 11.4 Å². The molecule has 1 aromatic rings.